The van der Waals surface area contributed by atoms with Gasteiger partial charge in [0.1, 0.15) is 17.3 Å². The molecule has 0 atom stereocenters. The molecule has 2 heterocycles. The van der Waals surface area contributed by atoms with Crippen LogP contribution in [0.15, 0.2) is 30.6 Å². The van der Waals surface area contributed by atoms with Gasteiger partial charge in [0, 0.05) is 17.1 Å². The molecule has 0 aliphatic rings. The summed E-state index contributed by atoms with van der Waals surface area (Å²) in [4.78, 5) is 8.20. The van der Waals surface area contributed by atoms with Crippen molar-refractivity contribution < 1.29 is 0 Å². The van der Waals surface area contributed by atoms with E-state index in [2.05, 4.69) is 20.4 Å². The predicted molar refractivity (Wildman–Crippen MR) is 79.3 cm³/mol. The fraction of sp³-hybridized carbons (Fsp3) is 0.154. The Morgan fingerprint density at radius 3 is 2.95 bits per heavy atom. The van der Waals surface area contributed by atoms with E-state index in [4.69, 9.17) is 23.2 Å². The fourth-order valence-electron chi connectivity index (χ4n) is 1.94. The van der Waals surface area contributed by atoms with Crippen LogP contribution in [0.5, 0.6) is 0 Å². The van der Waals surface area contributed by atoms with E-state index in [1.54, 1.807) is 4.52 Å². The Hall–Kier alpha value is -1.85. The third kappa shape index (κ3) is 2.42. The minimum absolute atomic E-state index is 0.416. The van der Waals surface area contributed by atoms with E-state index in [0.29, 0.717) is 22.5 Å². The monoisotopic (exact) mass is 307 g/mol. The van der Waals surface area contributed by atoms with Crippen LogP contribution in [0.2, 0.25) is 10.2 Å². The van der Waals surface area contributed by atoms with E-state index in [9.17, 15) is 0 Å². The molecule has 0 bridgehead atoms. The minimum Gasteiger partial charge on any atom is -0.366 e. The van der Waals surface area contributed by atoms with Gasteiger partial charge in [0.05, 0.1) is 0 Å². The first-order valence-corrected chi connectivity index (χ1v) is 6.75. The largest absolute Gasteiger partial charge is 0.366 e. The van der Waals surface area contributed by atoms with Crippen LogP contribution >= 0.6 is 23.2 Å². The highest BCUT2D eigenvalue weighted by Gasteiger charge is 2.11. The molecule has 0 saturated heterocycles. The molecule has 1 aromatic carbocycles. The summed E-state index contributed by atoms with van der Waals surface area (Å²) in [5.74, 6) is 1.24. The van der Waals surface area contributed by atoms with Crippen LogP contribution in [0.1, 0.15) is 11.1 Å². The molecule has 0 saturated carbocycles. The van der Waals surface area contributed by atoms with Crippen molar-refractivity contribution in [3.63, 3.8) is 0 Å². The maximum atomic E-state index is 6.10. The second kappa shape index (κ2) is 5.26. The molecule has 3 rings (SSSR count). The summed E-state index contributed by atoms with van der Waals surface area (Å²) in [5.41, 5.74) is 1.89. The molecule has 5 nitrogen and oxygen atoms in total. The maximum Gasteiger partial charge on any atom is 0.255 e. The lowest BCUT2D eigenvalue weighted by Crippen LogP contribution is -2.08. The van der Waals surface area contributed by atoms with Gasteiger partial charge in [0.15, 0.2) is 0 Å². The Morgan fingerprint density at radius 2 is 2.15 bits per heavy atom. The molecular formula is C13H11Cl2N5. The zero-order valence-corrected chi connectivity index (χ0v) is 12.2. The summed E-state index contributed by atoms with van der Waals surface area (Å²) in [6, 6.07) is 7.66. The minimum atomic E-state index is 0.416. The SMILES string of the molecule is Cc1c(Cl)nc2ncnn2c1NCc1cccc(Cl)c1. The number of nitrogens with zero attached hydrogens (tertiary/aromatic N) is 4. The Morgan fingerprint density at radius 1 is 1.30 bits per heavy atom. The van der Waals surface area contributed by atoms with Crippen molar-refractivity contribution >= 4 is 34.8 Å². The molecule has 20 heavy (non-hydrogen) atoms. The number of halogens is 2. The van der Waals surface area contributed by atoms with E-state index < -0.39 is 0 Å². The van der Waals surface area contributed by atoms with Crippen molar-refractivity contribution in [3.8, 4) is 0 Å². The van der Waals surface area contributed by atoms with Gasteiger partial charge >= 0.3 is 0 Å². The lowest BCUT2D eigenvalue weighted by molar-refractivity contribution is 0.914. The fourth-order valence-corrected chi connectivity index (χ4v) is 2.32. The molecule has 0 unspecified atom stereocenters. The molecular weight excluding hydrogens is 297 g/mol. The number of nitrogens with one attached hydrogen (secondary N) is 1. The molecule has 3 aromatic rings. The third-order valence-corrected chi connectivity index (χ3v) is 3.56. The smallest absolute Gasteiger partial charge is 0.255 e. The van der Waals surface area contributed by atoms with E-state index in [-0.39, 0.29) is 0 Å². The highest BCUT2D eigenvalue weighted by molar-refractivity contribution is 6.30. The van der Waals surface area contributed by atoms with Crippen molar-refractivity contribution in [3.05, 3.63) is 51.9 Å². The number of rotatable bonds is 3. The second-order valence-electron chi connectivity index (χ2n) is 4.33. The first-order valence-electron chi connectivity index (χ1n) is 5.99. The van der Waals surface area contributed by atoms with Gasteiger partial charge in [0.2, 0.25) is 0 Å². The van der Waals surface area contributed by atoms with Gasteiger partial charge in [-0.05, 0) is 24.6 Å². The van der Waals surface area contributed by atoms with E-state index >= 15 is 0 Å². The lowest BCUT2D eigenvalue weighted by Gasteiger charge is -2.11. The topological polar surface area (TPSA) is 55.1 Å². The van der Waals surface area contributed by atoms with Crippen molar-refractivity contribution in [1.82, 2.24) is 19.6 Å². The Kier molecular flexibility index (Phi) is 3.46. The molecule has 0 fully saturated rings. The summed E-state index contributed by atoms with van der Waals surface area (Å²) in [6.07, 6.45) is 1.45. The molecule has 1 N–H and O–H groups in total. The molecule has 0 amide bonds. The second-order valence-corrected chi connectivity index (χ2v) is 5.13. The summed E-state index contributed by atoms with van der Waals surface area (Å²) in [6.45, 7) is 2.49. The van der Waals surface area contributed by atoms with Crippen LogP contribution in [-0.4, -0.2) is 19.6 Å². The summed E-state index contributed by atoms with van der Waals surface area (Å²) >= 11 is 12.1. The Labute approximate surface area is 125 Å². The zero-order chi connectivity index (χ0) is 14.1. The predicted octanol–water partition coefficient (Wildman–Crippen LogP) is 3.35. The average Bonchev–Trinajstić information content (AvgIpc) is 2.87. The van der Waals surface area contributed by atoms with Gasteiger partial charge < -0.3 is 5.32 Å². The Bertz CT molecular complexity index is 769. The quantitative estimate of drug-likeness (QED) is 0.754. The van der Waals surface area contributed by atoms with Gasteiger partial charge in [-0.1, -0.05) is 35.3 Å². The number of benzene rings is 1. The van der Waals surface area contributed by atoms with Crippen LogP contribution < -0.4 is 5.32 Å². The van der Waals surface area contributed by atoms with Crippen LogP contribution in [0.4, 0.5) is 5.82 Å². The highest BCUT2D eigenvalue weighted by Crippen LogP contribution is 2.22. The van der Waals surface area contributed by atoms with Gasteiger partial charge in [-0.3, -0.25) is 0 Å². The number of hydrogen-bond acceptors (Lipinski definition) is 4. The van der Waals surface area contributed by atoms with E-state index in [0.717, 1.165) is 16.9 Å². The molecule has 0 aliphatic carbocycles. The normalized spacial score (nSPS) is 10.9. The first kappa shape index (κ1) is 13.1. The van der Waals surface area contributed by atoms with Crippen molar-refractivity contribution in [1.29, 1.82) is 0 Å². The standard InChI is InChI=1S/C13H11Cl2N5/c1-8-11(15)19-13-17-7-18-20(13)12(8)16-6-9-3-2-4-10(14)5-9/h2-5,7,16H,6H2,1H3. The van der Waals surface area contributed by atoms with Crippen LogP contribution in [-0.2, 0) is 6.54 Å². The van der Waals surface area contributed by atoms with Crippen molar-refractivity contribution in [2.45, 2.75) is 13.5 Å². The molecule has 0 aliphatic heterocycles. The number of anilines is 1. The average molecular weight is 308 g/mol. The van der Waals surface area contributed by atoms with E-state index in [1.165, 1.54) is 6.33 Å². The van der Waals surface area contributed by atoms with Crippen LogP contribution in [0, 0.1) is 6.92 Å². The van der Waals surface area contributed by atoms with Gasteiger partial charge in [-0.15, -0.1) is 0 Å². The van der Waals surface area contributed by atoms with E-state index in [1.807, 2.05) is 31.2 Å². The first-order chi connectivity index (χ1) is 9.65. The summed E-state index contributed by atoms with van der Waals surface area (Å²) in [7, 11) is 0. The number of aromatic nitrogens is 4. The number of fused-ring (bicyclic) bond motifs is 1. The zero-order valence-electron chi connectivity index (χ0n) is 10.6. The summed E-state index contributed by atoms with van der Waals surface area (Å²) in [5, 5.41) is 8.57. The molecule has 0 spiro atoms. The van der Waals surface area contributed by atoms with Crippen LogP contribution in [0.3, 0.4) is 0 Å². The van der Waals surface area contributed by atoms with Gasteiger partial charge in [-0.25, -0.2) is 0 Å². The van der Waals surface area contributed by atoms with Crippen LogP contribution in [0.25, 0.3) is 5.78 Å². The maximum absolute atomic E-state index is 6.10. The molecule has 2 aromatic heterocycles. The highest BCUT2D eigenvalue weighted by atomic mass is 35.5. The Balaban J connectivity index is 1.94. The lowest BCUT2D eigenvalue weighted by atomic mass is 10.2. The van der Waals surface area contributed by atoms with Crippen molar-refractivity contribution in [2.24, 2.45) is 0 Å². The number of hydrogen-bond donors (Lipinski definition) is 1. The van der Waals surface area contributed by atoms with Crippen molar-refractivity contribution in [2.75, 3.05) is 5.32 Å². The molecule has 7 heteroatoms. The molecule has 0 radical (unpaired) electrons. The summed E-state index contributed by atoms with van der Waals surface area (Å²) < 4.78 is 1.63. The molecule has 102 valence electrons. The van der Waals surface area contributed by atoms with Gasteiger partial charge in [0.25, 0.3) is 5.78 Å². The van der Waals surface area contributed by atoms with Gasteiger partial charge in [-0.2, -0.15) is 19.6 Å². The third-order valence-electron chi connectivity index (χ3n) is 2.95.